The summed E-state index contributed by atoms with van der Waals surface area (Å²) in [6.45, 7) is 3.48. The number of thioether (sulfide) groups is 1. The summed E-state index contributed by atoms with van der Waals surface area (Å²) in [5, 5.41) is 2.92. The SMILES string of the molecule is O=C1NCCN(Cc2cccc(Oc3ccccc3)c2)C1CC(=O)N1CCSCC1. The minimum Gasteiger partial charge on any atom is -0.457 e. The van der Waals surface area contributed by atoms with Gasteiger partial charge in [-0.2, -0.15) is 11.8 Å². The van der Waals surface area contributed by atoms with Gasteiger partial charge in [0.15, 0.2) is 0 Å². The van der Waals surface area contributed by atoms with Crippen LogP contribution in [0.15, 0.2) is 54.6 Å². The zero-order valence-corrected chi connectivity index (χ0v) is 17.8. The number of ether oxygens (including phenoxy) is 1. The third kappa shape index (κ3) is 5.34. The van der Waals surface area contributed by atoms with Crippen LogP contribution >= 0.6 is 11.8 Å². The highest BCUT2D eigenvalue weighted by atomic mass is 32.2. The fourth-order valence-corrected chi connectivity index (χ4v) is 4.75. The van der Waals surface area contributed by atoms with Crippen LogP contribution in [-0.4, -0.2) is 65.3 Å². The summed E-state index contributed by atoms with van der Waals surface area (Å²) in [6.07, 6.45) is 0.233. The van der Waals surface area contributed by atoms with Gasteiger partial charge in [-0.05, 0) is 29.8 Å². The first-order chi connectivity index (χ1) is 14.7. The number of rotatable bonds is 6. The highest BCUT2D eigenvalue weighted by Crippen LogP contribution is 2.23. The second kappa shape index (κ2) is 10.00. The maximum Gasteiger partial charge on any atom is 0.237 e. The Morgan fingerprint density at radius 2 is 1.80 bits per heavy atom. The second-order valence-electron chi connectivity index (χ2n) is 7.54. The second-order valence-corrected chi connectivity index (χ2v) is 8.76. The van der Waals surface area contributed by atoms with Gasteiger partial charge in [0, 0.05) is 44.2 Å². The van der Waals surface area contributed by atoms with E-state index in [4.69, 9.17) is 4.74 Å². The van der Waals surface area contributed by atoms with Gasteiger partial charge in [0.1, 0.15) is 11.5 Å². The highest BCUT2D eigenvalue weighted by Gasteiger charge is 2.33. The predicted octanol–water partition coefficient (Wildman–Crippen LogP) is 2.74. The van der Waals surface area contributed by atoms with Crippen molar-refractivity contribution in [3.8, 4) is 11.5 Å². The van der Waals surface area contributed by atoms with Gasteiger partial charge >= 0.3 is 0 Å². The van der Waals surface area contributed by atoms with Crippen LogP contribution in [0.2, 0.25) is 0 Å². The molecule has 0 bridgehead atoms. The Morgan fingerprint density at radius 1 is 1.03 bits per heavy atom. The van der Waals surface area contributed by atoms with Crippen molar-refractivity contribution in [2.45, 2.75) is 19.0 Å². The average Bonchev–Trinajstić information content (AvgIpc) is 2.78. The third-order valence-electron chi connectivity index (χ3n) is 5.44. The van der Waals surface area contributed by atoms with E-state index in [9.17, 15) is 9.59 Å². The zero-order valence-electron chi connectivity index (χ0n) is 17.0. The molecular weight excluding hydrogens is 398 g/mol. The summed E-state index contributed by atoms with van der Waals surface area (Å²) in [5.41, 5.74) is 1.06. The third-order valence-corrected chi connectivity index (χ3v) is 6.38. The van der Waals surface area contributed by atoms with Crippen molar-refractivity contribution in [2.75, 3.05) is 37.7 Å². The van der Waals surface area contributed by atoms with Crippen LogP contribution in [-0.2, 0) is 16.1 Å². The van der Waals surface area contributed by atoms with Gasteiger partial charge in [-0.25, -0.2) is 0 Å². The van der Waals surface area contributed by atoms with Gasteiger partial charge in [-0.15, -0.1) is 0 Å². The Hall–Kier alpha value is -2.51. The van der Waals surface area contributed by atoms with Gasteiger partial charge in [0.2, 0.25) is 11.8 Å². The van der Waals surface area contributed by atoms with E-state index in [0.717, 1.165) is 48.2 Å². The molecular formula is C23H27N3O3S. The van der Waals surface area contributed by atoms with Gasteiger partial charge in [-0.3, -0.25) is 14.5 Å². The number of carbonyl (C=O) groups is 2. The number of hydrogen-bond donors (Lipinski definition) is 1. The number of nitrogens with one attached hydrogen (secondary N) is 1. The lowest BCUT2D eigenvalue weighted by Crippen LogP contribution is -2.56. The molecule has 1 N–H and O–H groups in total. The average molecular weight is 426 g/mol. The highest BCUT2D eigenvalue weighted by molar-refractivity contribution is 7.99. The summed E-state index contributed by atoms with van der Waals surface area (Å²) < 4.78 is 5.94. The van der Waals surface area contributed by atoms with Crippen molar-refractivity contribution >= 4 is 23.6 Å². The lowest BCUT2D eigenvalue weighted by molar-refractivity contribution is -0.138. The van der Waals surface area contributed by atoms with E-state index in [-0.39, 0.29) is 18.2 Å². The van der Waals surface area contributed by atoms with E-state index >= 15 is 0 Å². The first-order valence-electron chi connectivity index (χ1n) is 10.4. The fourth-order valence-electron chi connectivity index (χ4n) is 3.85. The molecule has 4 rings (SSSR count). The standard InChI is InChI=1S/C23H27N3O3S/c27-22(25-11-13-30-14-12-25)16-21-23(28)24-9-10-26(21)17-18-5-4-8-20(15-18)29-19-6-2-1-3-7-19/h1-8,15,21H,9-14,16-17H2,(H,24,28). The maximum absolute atomic E-state index is 12.8. The van der Waals surface area contributed by atoms with E-state index in [0.29, 0.717) is 13.1 Å². The fraction of sp³-hybridized carbons (Fsp3) is 0.391. The molecule has 0 saturated carbocycles. The maximum atomic E-state index is 12.8. The molecule has 6 nitrogen and oxygen atoms in total. The molecule has 0 aliphatic carbocycles. The summed E-state index contributed by atoms with van der Waals surface area (Å²) >= 11 is 1.87. The monoisotopic (exact) mass is 425 g/mol. The first kappa shape index (κ1) is 20.8. The molecule has 0 aromatic heterocycles. The summed E-state index contributed by atoms with van der Waals surface area (Å²) in [6, 6.07) is 17.2. The Morgan fingerprint density at radius 3 is 2.60 bits per heavy atom. The molecule has 2 amide bonds. The van der Waals surface area contributed by atoms with Crippen molar-refractivity contribution in [3.05, 3.63) is 60.2 Å². The van der Waals surface area contributed by atoms with Crippen molar-refractivity contribution in [1.82, 2.24) is 15.1 Å². The number of piperazine rings is 1. The lowest BCUT2D eigenvalue weighted by atomic mass is 10.1. The summed E-state index contributed by atoms with van der Waals surface area (Å²) in [5.74, 6) is 3.51. The largest absolute Gasteiger partial charge is 0.457 e. The number of nitrogens with zero attached hydrogens (tertiary/aromatic N) is 2. The van der Waals surface area contributed by atoms with Crippen LogP contribution in [0.25, 0.3) is 0 Å². The van der Waals surface area contributed by atoms with Crippen molar-refractivity contribution in [3.63, 3.8) is 0 Å². The van der Waals surface area contributed by atoms with Crippen LogP contribution in [0.3, 0.4) is 0 Å². The predicted molar refractivity (Wildman–Crippen MR) is 119 cm³/mol. The quantitative estimate of drug-likeness (QED) is 0.771. The smallest absolute Gasteiger partial charge is 0.237 e. The Kier molecular flexibility index (Phi) is 6.92. The summed E-state index contributed by atoms with van der Waals surface area (Å²) in [7, 11) is 0. The van der Waals surface area contributed by atoms with Crippen molar-refractivity contribution < 1.29 is 14.3 Å². The van der Waals surface area contributed by atoms with Gasteiger partial charge < -0.3 is 15.0 Å². The molecule has 158 valence electrons. The zero-order chi connectivity index (χ0) is 20.8. The molecule has 2 aliphatic heterocycles. The number of amides is 2. The number of benzene rings is 2. The molecule has 1 unspecified atom stereocenters. The molecule has 2 fully saturated rings. The number of carbonyl (C=O) groups excluding carboxylic acids is 2. The number of para-hydroxylation sites is 1. The summed E-state index contributed by atoms with van der Waals surface area (Å²) in [4.78, 5) is 29.3. The van der Waals surface area contributed by atoms with E-state index in [1.165, 1.54) is 0 Å². The van der Waals surface area contributed by atoms with Crippen LogP contribution in [0, 0.1) is 0 Å². The van der Waals surface area contributed by atoms with E-state index in [1.807, 2.05) is 71.3 Å². The molecule has 0 spiro atoms. The molecule has 2 aromatic carbocycles. The van der Waals surface area contributed by atoms with Crippen molar-refractivity contribution in [2.24, 2.45) is 0 Å². The van der Waals surface area contributed by atoms with E-state index in [2.05, 4.69) is 10.2 Å². The van der Waals surface area contributed by atoms with Crippen LogP contribution < -0.4 is 10.1 Å². The van der Waals surface area contributed by atoms with E-state index in [1.54, 1.807) is 0 Å². The van der Waals surface area contributed by atoms with Crippen LogP contribution in [0.1, 0.15) is 12.0 Å². The molecule has 2 heterocycles. The number of hydrogen-bond acceptors (Lipinski definition) is 5. The van der Waals surface area contributed by atoms with Gasteiger partial charge in [0.25, 0.3) is 0 Å². The molecule has 1 atom stereocenters. The first-order valence-corrected chi connectivity index (χ1v) is 11.5. The molecule has 30 heavy (non-hydrogen) atoms. The minimum atomic E-state index is -0.431. The molecule has 2 saturated heterocycles. The minimum absolute atomic E-state index is 0.0577. The normalized spacial score (nSPS) is 19.9. The molecule has 0 radical (unpaired) electrons. The molecule has 2 aliphatic rings. The Balaban J connectivity index is 1.43. The topological polar surface area (TPSA) is 61.9 Å². The molecule has 7 heteroatoms. The van der Waals surface area contributed by atoms with Crippen molar-refractivity contribution in [1.29, 1.82) is 0 Å². The van der Waals surface area contributed by atoms with Crippen LogP contribution in [0.4, 0.5) is 0 Å². The Bertz CT molecular complexity index is 871. The van der Waals surface area contributed by atoms with Gasteiger partial charge in [-0.1, -0.05) is 30.3 Å². The van der Waals surface area contributed by atoms with E-state index < -0.39 is 6.04 Å². The Labute approximate surface area is 181 Å². The molecule has 2 aromatic rings. The van der Waals surface area contributed by atoms with Crippen LogP contribution in [0.5, 0.6) is 11.5 Å². The lowest BCUT2D eigenvalue weighted by Gasteiger charge is -2.36. The van der Waals surface area contributed by atoms with Gasteiger partial charge in [0.05, 0.1) is 12.5 Å².